The van der Waals surface area contributed by atoms with E-state index in [1.165, 1.54) is 18.6 Å². The minimum atomic E-state index is -1.02. The maximum Gasteiger partial charge on any atom is 0.335 e. The molecule has 1 fully saturated rings. The lowest BCUT2D eigenvalue weighted by Gasteiger charge is -2.22. The molecular weight excluding hydrogens is 425 g/mol. The van der Waals surface area contributed by atoms with Crippen LogP contribution in [0.2, 0.25) is 0 Å². The zero-order valence-electron chi connectivity index (χ0n) is 17.8. The van der Waals surface area contributed by atoms with Crippen LogP contribution in [0.15, 0.2) is 54.7 Å². The minimum absolute atomic E-state index is 0.0333. The summed E-state index contributed by atoms with van der Waals surface area (Å²) in [5, 5.41) is 17.9. The highest BCUT2D eigenvalue weighted by Crippen LogP contribution is 2.22. The summed E-state index contributed by atoms with van der Waals surface area (Å²) in [6.45, 7) is 0. The van der Waals surface area contributed by atoms with Gasteiger partial charge < -0.3 is 21.1 Å². The molecule has 3 aromatic rings. The maximum absolute atomic E-state index is 14.3. The van der Waals surface area contributed by atoms with E-state index in [1.807, 2.05) is 0 Å². The number of nitrogens with one attached hydrogen (secondary N) is 3. The Morgan fingerprint density at radius 3 is 2.12 bits per heavy atom. The number of benzene rings is 2. The summed E-state index contributed by atoms with van der Waals surface area (Å²) < 4.78 is 14.3. The molecule has 0 atom stereocenters. The van der Waals surface area contributed by atoms with E-state index in [0.717, 1.165) is 31.9 Å². The summed E-state index contributed by atoms with van der Waals surface area (Å²) in [5.74, 6) is -1.66. The van der Waals surface area contributed by atoms with Gasteiger partial charge in [0.2, 0.25) is 5.95 Å². The van der Waals surface area contributed by atoms with Crippen LogP contribution in [-0.2, 0) is 0 Å². The van der Waals surface area contributed by atoms with Crippen LogP contribution >= 0.6 is 0 Å². The highest BCUT2D eigenvalue weighted by Gasteiger charge is 2.16. The largest absolute Gasteiger partial charge is 0.478 e. The molecule has 1 aromatic heterocycles. The van der Waals surface area contributed by atoms with Crippen LogP contribution in [0.4, 0.5) is 27.5 Å². The van der Waals surface area contributed by atoms with Crippen molar-refractivity contribution in [1.29, 1.82) is 0 Å². The number of carbonyl (C=O) groups excluding carboxylic acids is 1. The topological polar surface area (TPSA) is 116 Å². The standard InChI is InChI=1S/C24H24FN5O3/c25-20-14-26-24(29-19-12-8-16(9-13-19)23(32)33)30-21(20)27-18-10-6-15(7-11-18)22(31)28-17-4-2-1-3-5-17/h6-14,17H,1-5H2,(H,28,31)(H,32,33)(H2,26,27,29,30). The molecule has 0 spiro atoms. The zero-order chi connectivity index (χ0) is 23.2. The number of rotatable bonds is 7. The molecule has 1 amide bonds. The summed E-state index contributed by atoms with van der Waals surface area (Å²) in [6, 6.07) is 13.0. The first-order chi connectivity index (χ1) is 16.0. The van der Waals surface area contributed by atoms with Gasteiger partial charge in [0, 0.05) is 23.0 Å². The molecule has 0 unspecified atom stereocenters. The molecule has 1 aliphatic rings. The molecule has 9 heteroatoms. The highest BCUT2D eigenvalue weighted by molar-refractivity contribution is 5.94. The lowest BCUT2D eigenvalue weighted by Crippen LogP contribution is -2.36. The number of carboxylic acid groups (broad SMARTS) is 1. The van der Waals surface area contributed by atoms with Gasteiger partial charge in [0.15, 0.2) is 11.6 Å². The number of anilines is 4. The highest BCUT2D eigenvalue weighted by atomic mass is 19.1. The zero-order valence-corrected chi connectivity index (χ0v) is 17.8. The summed E-state index contributed by atoms with van der Waals surface area (Å²) in [7, 11) is 0. The van der Waals surface area contributed by atoms with Gasteiger partial charge in [0.05, 0.1) is 11.8 Å². The Morgan fingerprint density at radius 2 is 1.48 bits per heavy atom. The fraction of sp³-hybridized carbons (Fsp3) is 0.250. The molecule has 4 N–H and O–H groups in total. The molecule has 33 heavy (non-hydrogen) atoms. The van der Waals surface area contributed by atoms with Crippen LogP contribution in [0.1, 0.15) is 52.8 Å². The van der Waals surface area contributed by atoms with Crippen LogP contribution < -0.4 is 16.0 Å². The second kappa shape index (κ2) is 10.1. The van der Waals surface area contributed by atoms with Crippen molar-refractivity contribution in [2.45, 2.75) is 38.1 Å². The van der Waals surface area contributed by atoms with E-state index < -0.39 is 11.8 Å². The number of carboxylic acids is 1. The number of hydrogen-bond donors (Lipinski definition) is 4. The van der Waals surface area contributed by atoms with Crippen molar-refractivity contribution in [3.05, 3.63) is 71.7 Å². The third-order valence-electron chi connectivity index (χ3n) is 5.48. The van der Waals surface area contributed by atoms with Gasteiger partial charge in [-0.1, -0.05) is 19.3 Å². The number of hydrogen-bond acceptors (Lipinski definition) is 6. The lowest BCUT2D eigenvalue weighted by molar-refractivity contribution is 0.0696. The number of nitrogens with zero attached hydrogens (tertiary/aromatic N) is 2. The molecule has 1 heterocycles. The number of aromatic carboxylic acids is 1. The smallest absolute Gasteiger partial charge is 0.335 e. The first-order valence-electron chi connectivity index (χ1n) is 10.8. The van der Waals surface area contributed by atoms with Gasteiger partial charge in [0.25, 0.3) is 5.91 Å². The Labute approximate surface area is 190 Å². The monoisotopic (exact) mass is 449 g/mol. The van der Waals surface area contributed by atoms with Crippen molar-refractivity contribution >= 4 is 35.0 Å². The molecule has 0 aliphatic heterocycles. The van der Waals surface area contributed by atoms with E-state index in [-0.39, 0.29) is 29.3 Å². The summed E-state index contributed by atoms with van der Waals surface area (Å²) in [4.78, 5) is 31.5. The van der Waals surface area contributed by atoms with E-state index in [4.69, 9.17) is 5.11 Å². The van der Waals surface area contributed by atoms with Crippen molar-refractivity contribution in [2.75, 3.05) is 10.6 Å². The fourth-order valence-electron chi connectivity index (χ4n) is 3.70. The van der Waals surface area contributed by atoms with Gasteiger partial charge in [-0.25, -0.2) is 14.2 Å². The van der Waals surface area contributed by atoms with Gasteiger partial charge in [-0.2, -0.15) is 4.98 Å². The summed E-state index contributed by atoms with van der Waals surface area (Å²) in [6.07, 6.45) is 6.57. The summed E-state index contributed by atoms with van der Waals surface area (Å²) >= 11 is 0. The molecule has 4 rings (SSSR count). The molecule has 1 aliphatic carbocycles. The van der Waals surface area contributed by atoms with Crippen LogP contribution in [0, 0.1) is 5.82 Å². The Kier molecular flexibility index (Phi) is 6.77. The van der Waals surface area contributed by atoms with Crippen LogP contribution in [0.3, 0.4) is 0 Å². The second-order valence-electron chi connectivity index (χ2n) is 7.91. The quantitative estimate of drug-likeness (QED) is 0.407. The fourth-order valence-corrected chi connectivity index (χ4v) is 3.70. The van der Waals surface area contributed by atoms with Gasteiger partial charge in [-0.3, -0.25) is 4.79 Å². The Balaban J connectivity index is 1.40. The molecule has 1 saturated carbocycles. The Bertz CT molecular complexity index is 1130. The van der Waals surface area contributed by atoms with Crippen molar-refractivity contribution in [3.8, 4) is 0 Å². The van der Waals surface area contributed by atoms with E-state index in [0.29, 0.717) is 16.9 Å². The number of amides is 1. The first kappa shape index (κ1) is 22.2. The van der Waals surface area contributed by atoms with Crippen molar-refractivity contribution < 1.29 is 19.1 Å². The first-order valence-corrected chi connectivity index (χ1v) is 10.8. The van der Waals surface area contributed by atoms with E-state index in [2.05, 4.69) is 25.9 Å². The molecule has 0 bridgehead atoms. The van der Waals surface area contributed by atoms with Crippen LogP contribution in [0.25, 0.3) is 0 Å². The number of carbonyl (C=O) groups is 2. The second-order valence-corrected chi connectivity index (χ2v) is 7.91. The van der Waals surface area contributed by atoms with Crippen molar-refractivity contribution in [1.82, 2.24) is 15.3 Å². The number of halogens is 1. The minimum Gasteiger partial charge on any atom is -0.478 e. The van der Waals surface area contributed by atoms with E-state index in [1.54, 1.807) is 36.4 Å². The lowest BCUT2D eigenvalue weighted by atomic mass is 9.95. The van der Waals surface area contributed by atoms with Gasteiger partial charge in [0.1, 0.15) is 0 Å². The third-order valence-corrected chi connectivity index (χ3v) is 5.48. The average Bonchev–Trinajstić information content (AvgIpc) is 2.82. The van der Waals surface area contributed by atoms with Gasteiger partial charge in [-0.05, 0) is 61.4 Å². The normalized spacial score (nSPS) is 13.8. The molecule has 2 aromatic carbocycles. The van der Waals surface area contributed by atoms with E-state index >= 15 is 0 Å². The average molecular weight is 449 g/mol. The van der Waals surface area contributed by atoms with Crippen LogP contribution in [0.5, 0.6) is 0 Å². The Morgan fingerprint density at radius 1 is 0.879 bits per heavy atom. The van der Waals surface area contributed by atoms with E-state index in [9.17, 15) is 14.0 Å². The third kappa shape index (κ3) is 5.82. The Hall–Kier alpha value is -4.01. The molecule has 8 nitrogen and oxygen atoms in total. The van der Waals surface area contributed by atoms with Gasteiger partial charge in [-0.15, -0.1) is 0 Å². The maximum atomic E-state index is 14.3. The SMILES string of the molecule is O=C(O)c1ccc(Nc2ncc(F)c(Nc3ccc(C(=O)NC4CCCCC4)cc3)n2)cc1. The predicted octanol–water partition coefficient (Wildman–Crippen LogP) is 4.86. The predicted molar refractivity (Wildman–Crippen MR) is 123 cm³/mol. The number of aromatic nitrogens is 2. The van der Waals surface area contributed by atoms with Crippen molar-refractivity contribution in [2.24, 2.45) is 0 Å². The summed E-state index contributed by atoms with van der Waals surface area (Å²) in [5.41, 5.74) is 1.82. The molecule has 0 radical (unpaired) electrons. The van der Waals surface area contributed by atoms with Crippen molar-refractivity contribution in [3.63, 3.8) is 0 Å². The molecule has 170 valence electrons. The molecular formula is C24H24FN5O3. The van der Waals surface area contributed by atoms with Crippen LogP contribution in [-0.4, -0.2) is 33.0 Å². The molecule has 0 saturated heterocycles. The van der Waals surface area contributed by atoms with Gasteiger partial charge >= 0.3 is 5.97 Å².